The second-order valence-electron chi connectivity index (χ2n) is 4.16. The van der Waals surface area contributed by atoms with Gasteiger partial charge in [-0.2, -0.15) is 0 Å². The molecule has 100 valence electrons. The standard InChI is InChI=1S/C14H11BrClF2N/c1-8(9-2-4-10(16)5-3-9)19-14-6-11(15)12(17)7-13(14)18/h2-8,19H,1H3. The summed E-state index contributed by atoms with van der Waals surface area (Å²) in [4.78, 5) is 0. The first-order valence-corrected chi connectivity index (χ1v) is 6.81. The van der Waals surface area contributed by atoms with E-state index in [2.05, 4.69) is 21.2 Å². The smallest absolute Gasteiger partial charge is 0.149 e. The van der Waals surface area contributed by atoms with Gasteiger partial charge in [-0.05, 0) is 46.6 Å². The summed E-state index contributed by atoms with van der Waals surface area (Å²) in [5.74, 6) is -1.25. The Morgan fingerprint density at radius 1 is 1.11 bits per heavy atom. The van der Waals surface area contributed by atoms with Crippen LogP contribution in [0.1, 0.15) is 18.5 Å². The minimum Gasteiger partial charge on any atom is -0.376 e. The molecule has 1 atom stereocenters. The summed E-state index contributed by atoms with van der Waals surface area (Å²) < 4.78 is 27.0. The first-order valence-electron chi connectivity index (χ1n) is 5.64. The lowest BCUT2D eigenvalue weighted by Crippen LogP contribution is -2.08. The highest BCUT2D eigenvalue weighted by Gasteiger charge is 2.11. The molecule has 0 saturated heterocycles. The molecule has 1 N–H and O–H groups in total. The van der Waals surface area contributed by atoms with Crippen molar-refractivity contribution >= 4 is 33.2 Å². The van der Waals surface area contributed by atoms with Gasteiger partial charge in [-0.1, -0.05) is 23.7 Å². The summed E-state index contributed by atoms with van der Waals surface area (Å²) in [7, 11) is 0. The van der Waals surface area contributed by atoms with Gasteiger partial charge < -0.3 is 5.32 Å². The number of benzene rings is 2. The molecular weight excluding hydrogens is 336 g/mol. The fraction of sp³-hybridized carbons (Fsp3) is 0.143. The molecule has 0 amide bonds. The van der Waals surface area contributed by atoms with Crippen LogP contribution in [-0.2, 0) is 0 Å². The maximum Gasteiger partial charge on any atom is 0.149 e. The second kappa shape index (κ2) is 5.88. The molecule has 19 heavy (non-hydrogen) atoms. The van der Waals surface area contributed by atoms with Crippen molar-refractivity contribution < 1.29 is 8.78 Å². The van der Waals surface area contributed by atoms with E-state index in [4.69, 9.17) is 11.6 Å². The molecule has 0 spiro atoms. The molecule has 0 aliphatic heterocycles. The molecule has 2 aromatic rings. The van der Waals surface area contributed by atoms with Crippen LogP contribution in [0.25, 0.3) is 0 Å². The lowest BCUT2D eigenvalue weighted by atomic mass is 10.1. The van der Waals surface area contributed by atoms with E-state index in [1.807, 2.05) is 19.1 Å². The summed E-state index contributed by atoms with van der Waals surface area (Å²) >= 11 is 8.85. The van der Waals surface area contributed by atoms with Crippen LogP contribution in [0.4, 0.5) is 14.5 Å². The monoisotopic (exact) mass is 345 g/mol. The van der Waals surface area contributed by atoms with E-state index in [1.165, 1.54) is 6.07 Å². The van der Waals surface area contributed by atoms with Crippen LogP contribution in [-0.4, -0.2) is 0 Å². The van der Waals surface area contributed by atoms with Crippen molar-refractivity contribution in [3.8, 4) is 0 Å². The highest BCUT2D eigenvalue weighted by atomic mass is 79.9. The van der Waals surface area contributed by atoms with Gasteiger partial charge in [0.25, 0.3) is 0 Å². The van der Waals surface area contributed by atoms with Crippen molar-refractivity contribution in [1.82, 2.24) is 0 Å². The van der Waals surface area contributed by atoms with Crippen LogP contribution in [0.5, 0.6) is 0 Å². The van der Waals surface area contributed by atoms with Crippen LogP contribution in [0.15, 0.2) is 40.9 Å². The first kappa shape index (κ1) is 14.3. The van der Waals surface area contributed by atoms with Gasteiger partial charge in [0.05, 0.1) is 10.2 Å². The van der Waals surface area contributed by atoms with Gasteiger partial charge in [0, 0.05) is 17.1 Å². The van der Waals surface area contributed by atoms with Gasteiger partial charge in [-0.25, -0.2) is 8.78 Å². The Balaban J connectivity index is 2.21. The minimum absolute atomic E-state index is 0.121. The predicted molar refractivity (Wildman–Crippen MR) is 77.5 cm³/mol. The van der Waals surface area contributed by atoms with Crippen molar-refractivity contribution in [2.24, 2.45) is 0 Å². The third-order valence-corrected chi connectivity index (χ3v) is 3.61. The Morgan fingerprint density at radius 2 is 1.74 bits per heavy atom. The Morgan fingerprint density at radius 3 is 2.37 bits per heavy atom. The van der Waals surface area contributed by atoms with Crippen LogP contribution in [0.3, 0.4) is 0 Å². The molecular formula is C14H11BrClF2N. The van der Waals surface area contributed by atoms with E-state index >= 15 is 0 Å². The van der Waals surface area contributed by atoms with Gasteiger partial charge in [0.15, 0.2) is 0 Å². The normalized spacial score (nSPS) is 12.3. The molecule has 0 bridgehead atoms. The summed E-state index contributed by atoms with van der Waals surface area (Å²) in [6.07, 6.45) is 0. The zero-order valence-corrected chi connectivity index (χ0v) is 12.4. The number of anilines is 1. The molecule has 0 heterocycles. The zero-order chi connectivity index (χ0) is 14.0. The van der Waals surface area contributed by atoms with Gasteiger partial charge in [-0.15, -0.1) is 0 Å². The topological polar surface area (TPSA) is 12.0 Å². The first-order chi connectivity index (χ1) is 8.97. The van der Waals surface area contributed by atoms with Crippen LogP contribution < -0.4 is 5.32 Å². The molecule has 5 heteroatoms. The maximum atomic E-state index is 13.6. The highest BCUT2D eigenvalue weighted by molar-refractivity contribution is 9.10. The van der Waals surface area contributed by atoms with Gasteiger partial charge in [-0.3, -0.25) is 0 Å². The van der Waals surface area contributed by atoms with Crippen molar-refractivity contribution in [3.63, 3.8) is 0 Å². The fourth-order valence-electron chi connectivity index (χ4n) is 1.70. The Bertz CT molecular complexity index is 587. The molecule has 0 saturated carbocycles. The molecule has 0 aliphatic carbocycles. The molecule has 0 aliphatic rings. The van der Waals surface area contributed by atoms with Crippen molar-refractivity contribution in [3.05, 3.63) is 63.1 Å². The average Bonchev–Trinajstić information content (AvgIpc) is 2.36. The number of rotatable bonds is 3. The predicted octanol–water partition coefficient (Wildman–Crippen LogP) is 5.55. The maximum absolute atomic E-state index is 13.6. The average molecular weight is 347 g/mol. The molecule has 2 aromatic carbocycles. The van der Waals surface area contributed by atoms with E-state index in [-0.39, 0.29) is 16.2 Å². The fourth-order valence-corrected chi connectivity index (χ4v) is 2.17. The molecule has 2 rings (SSSR count). The van der Waals surface area contributed by atoms with Crippen LogP contribution in [0, 0.1) is 11.6 Å². The summed E-state index contributed by atoms with van der Waals surface area (Å²) in [5.41, 5.74) is 1.21. The van der Waals surface area contributed by atoms with Crippen LogP contribution >= 0.6 is 27.5 Å². The second-order valence-corrected chi connectivity index (χ2v) is 5.45. The largest absolute Gasteiger partial charge is 0.376 e. The van der Waals surface area contributed by atoms with Crippen molar-refractivity contribution in [1.29, 1.82) is 0 Å². The molecule has 1 unspecified atom stereocenters. The van der Waals surface area contributed by atoms with E-state index in [1.54, 1.807) is 12.1 Å². The number of hydrogen-bond acceptors (Lipinski definition) is 1. The number of halogens is 4. The SMILES string of the molecule is CC(Nc1cc(Br)c(F)cc1F)c1ccc(Cl)cc1. The van der Waals surface area contributed by atoms with E-state index in [9.17, 15) is 8.78 Å². The minimum atomic E-state index is -0.624. The number of hydrogen-bond donors (Lipinski definition) is 1. The zero-order valence-electron chi connectivity index (χ0n) is 10.1. The molecule has 0 aromatic heterocycles. The molecule has 1 nitrogen and oxygen atoms in total. The van der Waals surface area contributed by atoms with Gasteiger partial charge in [0.2, 0.25) is 0 Å². The Labute approximate surface area is 123 Å². The van der Waals surface area contributed by atoms with Gasteiger partial charge >= 0.3 is 0 Å². The van der Waals surface area contributed by atoms with Crippen molar-refractivity contribution in [2.75, 3.05) is 5.32 Å². The molecule has 0 radical (unpaired) electrons. The lowest BCUT2D eigenvalue weighted by molar-refractivity contribution is 0.579. The number of nitrogens with one attached hydrogen (secondary N) is 1. The van der Waals surface area contributed by atoms with E-state index < -0.39 is 11.6 Å². The third-order valence-electron chi connectivity index (χ3n) is 2.75. The quantitative estimate of drug-likeness (QED) is 0.718. The summed E-state index contributed by atoms with van der Waals surface area (Å²) in [5, 5.41) is 3.64. The highest BCUT2D eigenvalue weighted by Crippen LogP contribution is 2.27. The summed E-state index contributed by atoms with van der Waals surface area (Å²) in [6.45, 7) is 1.89. The van der Waals surface area contributed by atoms with E-state index in [0.717, 1.165) is 11.6 Å². The third kappa shape index (κ3) is 3.45. The Kier molecular flexibility index (Phi) is 4.42. The van der Waals surface area contributed by atoms with E-state index in [0.29, 0.717) is 5.02 Å². The lowest BCUT2D eigenvalue weighted by Gasteiger charge is -2.16. The van der Waals surface area contributed by atoms with Gasteiger partial charge in [0.1, 0.15) is 11.6 Å². The van der Waals surface area contributed by atoms with Crippen molar-refractivity contribution in [2.45, 2.75) is 13.0 Å². The van der Waals surface area contributed by atoms with Crippen LogP contribution in [0.2, 0.25) is 5.02 Å². The summed E-state index contributed by atoms with van der Waals surface area (Å²) in [6, 6.07) is 9.37. The Hall–Kier alpha value is -1.13. The molecule has 0 fully saturated rings.